The summed E-state index contributed by atoms with van der Waals surface area (Å²) in [6.45, 7) is -0.259. The summed E-state index contributed by atoms with van der Waals surface area (Å²) in [6.07, 6.45) is 3.38. The van der Waals surface area contributed by atoms with Crippen molar-refractivity contribution in [3.05, 3.63) is 59.2 Å². The predicted molar refractivity (Wildman–Crippen MR) is 97.4 cm³/mol. The molecule has 2 aromatic rings. The molecule has 0 bridgehead atoms. The fraction of sp³-hybridized carbons (Fsp3) is 0.263. The summed E-state index contributed by atoms with van der Waals surface area (Å²) in [5, 5.41) is 21.6. The Morgan fingerprint density at radius 2 is 2.04 bits per heavy atom. The first-order chi connectivity index (χ1) is 12.6. The highest BCUT2D eigenvalue weighted by Gasteiger charge is 2.22. The summed E-state index contributed by atoms with van der Waals surface area (Å²) < 4.78 is 5.44. The lowest BCUT2D eigenvalue weighted by atomic mass is 9.77. The van der Waals surface area contributed by atoms with Gasteiger partial charge in [-0.15, -0.1) is 0 Å². The van der Waals surface area contributed by atoms with Crippen LogP contribution in [-0.2, 0) is 11.2 Å². The summed E-state index contributed by atoms with van der Waals surface area (Å²) >= 11 is 0. The minimum atomic E-state index is -1.79. The zero-order chi connectivity index (χ0) is 18.5. The van der Waals surface area contributed by atoms with Crippen LogP contribution in [0.2, 0.25) is 0 Å². The predicted octanol–water partition coefficient (Wildman–Crippen LogP) is 0.751. The summed E-state index contributed by atoms with van der Waals surface area (Å²) in [4.78, 5) is 23.5. The van der Waals surface area contributed by atoms with E-state index in [-0.39, 0.29) is 35.3 Å². The molecule has 3 N–H and O–H groups in total. The van der Waals surface area contributed by atoms with Crippen molar-refractivity contribution in [1.29, 1.82) is 0 Å². The summed E-state index contributed by atoms with van der Waals surface area (Å²) in [7, 11) is -1.79. The molecule has 7 heteroatoms. The van der Waals surface area contributed by atoms with Crippen molar-refractivity contribution < 1.29 is 24.4 Å². The second kappa shape index (κ2) is 8.16. The third kappa shape index (κ3) is 3.95. The van der Waals surface area contributed by atoms with Crippen molar-refractivity contribution in [3.8, 4) is 5.75 Å². The molecule has 0 aliphatic heterocycles. The molecule has 0 saturated heterocycles. The Labute approximate surface area is 152 Å². The van der Waals surface area contributed by atoms with Gasteiger partial charge in [0.2, 0.25) is 0 Å². The average Bonchev–Trinajstić information content (AvgIpc) is 2.66. The Morgan fingerprint density at radius 1 is 1.23 bits per heavy atom. The number of ether oxygens (including phenoxy) is 1. The highest BCUT2D eigenvalue weighted by Crippen LogP contribution is 2.29. The zero-order valence-corrected chi connectivity index (χ0v) is 14.2. The van der Waals surface area contributed by atoms with E-state index in [1.54, 1.807) is 0 Å². The van der Waals surface area contributed by atoms with E-state index in [1.807, 2.05) is 18.2 Å². The lowest BCUT2D eigenvalue weighted by Crippen LogP contribution is -2.35. The van der Waals surface area contributed by atoms with Gasteiger partial charge < -0.3 is 20.1 Å². The van der Waals surface area contributed by atoms with Crippen LogP contribution in [0.3, 0.4) is 0 Å². The number of rotatable bonds is 6. The first kappa shape index (κ1) is 18.2. The number of fused-ring (bicyclic) bond motifs is 1. The van der Waals surface area contributed by atoms with Gasteiger partial charge in [0, 0.05) is 0 Å². The quantitative estimate of drug-likeness (QED) is 0.526. The number of hydrogen-bond acceptors (Lipinski definition) is 5. The van der Waals surface area contributed by atoms with E-state index in [0.29, 0.717) is 6.29 Å². The normalized spacial score (nSPS) is 15.7. The maximum atomic E-state index is 12.3. The van der Waals surface area contributed by atoms with E-state index in [9.17, 15) is 19.6 Å². The van der Waals surface area contributed by atoms with Gasteiger partial charge in [-0.05, 0) is 41.9 Å². The number of amides is 1. The molecule has 0 spiro atoms. The molecule has 0 fully saturated rings. The van der Waals surface area contributed by atoms with E-state index < -0.39 is 7.12 Å². The Bertz CT molecular complexity index is 808. The minimum absolute atomic E-state index is 0.0262. The van der Waals surface area contributed by atoms with Crippen molar-refractivity contribution in [2.75, 3.05) is 6.61 Å². The molecule has 0 radical (unpaired) electrons. The van der Waals surface area contributed by atoms with Crippen LogP contribution in [0.1, 0.15) is 40.4 Å². The second-order valence-electron chi connectivity index (χ2n) is 6.25. The fourth-order valence-corrected chi connectivity index (χ4v) is 3.32. The zero-order valence-electron chi connectivity index (χ0n) is 14.2. The maximum absolute atomic E-state index is 12.3. The molecule has 26 heavy (non-hydrogen) atoms. The third-order valence-corrected chi connectivity index (χ3v) is 4.56. The lowest BCUT2D eigenvalue weighted by molar-refractivity contribution is -0.124. The highest BCUT2D eigenvalue weighted by molar-refractivity contribution is 6.60. The van der Waals surface area contributed by atoms with Gasteiger partial charge in [-0.2, -0.15) is 0 Å². The van der Waals surface area contributed by atoms with E-state index in [4.69, 9.17) is 4.74 Å². The van der Waals surface area contributed by atoms with E-state index in [0.717, 1.165) is 24.8 Å². The Hall–Kier alpha value is -2.64. The SMILES string of the molecule is O=Cc1c(OCC(=O)NC2CCCc3ccccc32)cccc1B(O)O. The molecular formula is C19H20BNO5. The van der Waals surface area contributed by atoms with Gasteiger partial charge in [0.1, 0.15) is 5.75 Å². The molecule has 0 heterocycles. The number of carbonyl (C=O) groups excluding carboxylic acids is 2. The fourth-order valence-electron chi connectivity index (χ4n) is 3.32. The monoisotopic (exact) mass is 353 g/mol. The smallest absolute Gasteiger partial charge is 0.483 e. The van der Waals surface area contributed by atoms with Crippen LogP contribution in [0, 0.1) is 0 Å². The topological polar surface area (TPSA) is 95.9 Å². The van der Waals surface area contributed by atoms with Crippen LogP contribution in [0.4, 0.5) is 0 Å². The van der Waals surface area contributed by atoms with Crippen molar-refractivity contribution in [2.45, 2.75) is 25.3 Å². The van der Waals surface area contributed by atoms with Gasteiger partial charge in [-0.1, -0.05) is 36.4 Å². The van der Waals surface area contributed by atoms with E-state index >= 15 is 0 Å². The van der Waals surface area contributed by atoms with Crippen molar-refractivity contribution in [1.82, 2.24) is 5.32 Å². The lowest BCUT2D eigenvalue weighted by Gasteiger charge is -2.26. The Morgan fingerprint density at radius 3 is 2.81 bits per heavy atom. The molecule has 1 unspecified atom stereocenters. The van der Waals surface area contributed by atoms with Crippen LogP contribution in [0.15, 0.2) is 42.5 Å². The van der Waals surface area contributed by atoms with E-state index in [1.165, 1.54) is 23.8 Å². The molecule has 1 aliphatic rings. The van der Waals surface area contributed by atoms with Crippen LogP contribution in [0.25, 0.3) is 0 Å². The van der Waals surface area contributed by atoms with Gasteiger partial charge in [-0.25, -0.2) is 0 Å². The number of hydrogen-bond donors (Lipinski definition) is 3. The van der Waals surface area contributed by atoms with Crippen LogP contribution in [-0.4, -0.2) is 36.0 Å². The molecular weight excluding hydrogens is 333 g/mol. The highest BCUT2D eigenvalue weighted by atomic mass is 16.5. The van der Waals surface area contributed by atoms with Gasteiger partial charge in [-0.3, -0.25) is 9.59 Å². The maximum Gasteiger partial charge on any atom is 0.489 e. The van der Waals surface area contributed by atoms with Crippen LogP contribution < -0.4 is 15.5 Å². The van der Waals surface area contributed by atoms with Gasteiger partial charge in [0.05, 0.1) is 11.6 Å². The Kier molecular flexibility index (Phi) is 5.70. The third-order valence-electron chi connectivity index (χ3n) is 4.56. The molecule has 6 nitrogen and oxygen atoms in total. The number of benzene rings is 2. The summed E-state index contributed by atoms with van der Waals surface area (Å²) in [5.41, 5.74) is 2.45. The number of aldehydes is 1. The molecule has 134 valence electrons. The molecule has 3 rings (SSSR count). The van der Waals surface area contributed by atoms with Crippen molar-refractivity contribution >= 4 is 24.8 Å². The molecule has 0 aromatic heterocycles. The van der Waals surface area contributed by atoms with Gasteiger partial charge in [0.15, 0.2) is 12.9 Å². The minimum Gasteiger partial charge on any atom is -0.483 e. The molecule has 2 aromatic carbocycles. The van der Waals surface area contributed by atoms with Gasteiger partial charge >= 0.3 is 7.12 Å². The number of aryl methyl sites for hydroxylation is 1. The summed E-state index contributed by atoms with van der Waals surface area (Å²) in [5.74, 6) is -0.150. The molecule has 1 aliphatic carbocycles. The standard InChI is InChI=1S/C19H20BNO5/c22-11-15-16(20(24)25)8-4-10-18(15)26-12-19(23)21-17-9-3-6-13-5-1-2-7-14(13)17/h1-2,4-5,7-8,10-11,17,24-25H,3,6,9,12H2,(H,21,23). The molecule has 0 saturated carbocycles. The largest absolute Gasteiger partial charge is 0.489 e. The first-order valence-electron chi connectivity index (χ1n) is 8.54. The average molecular weight is 353 g/mol. The van der Waals surface area contributed by atoms with E-state index in [2.05, 4.69) is 11.4 Å². The van der Waals surface area contributed by atoms with Crippen LogP contribution in [0.5, 0.6) is 5.75 Å². The molecule has 1 atom stereocenters. The van der Waals surface area contributed by atoms with Crippen molar-refractivity contribution in [3.63, 3.8) is 0 Å². The Balaban J connectivity index is 1.66. The number of nitrogens with one attached hydrogen (secondary N) is 1. The van der Waals surface area contributed by atoms with Crippen molar-refractivity contribution in [2.24, 2.45) is 0 Å². The molecule has 1 amide bonds. The first-order valence-corrected chi connectivity index (χ1v) is 8.54. The second-order valence-corrected chi connectivity index (χ2v) is 6.25. The number of carbonyl (C=O) groups is 2. The summed E-state index contributed by atoms with van der Waals surface area (Å²) in [6, 6.07) is 12.5. The van der Waals surface area contributed by atoms with Gasteiger partial charge in [0.25, 0.3) is 5.91 Å². The van der Waals surface area contributed by atoms with Crippen LogP contribution >= 0.6 is 0 Å².